The summed E-state index contributed by atoms with van der Waals surface area (Å²) < 4.78 is 11.8. The van der Waals surface area contributed by atoms with E-state index in [1.165, 1.54) is 28.8 Å². The van der Waals surface area contributed by atoms with Crippen LogP contribution in [0.3, 0.4) is 0 Å². The molecule has 2 aromatic carbocycles. The van der Waals surface area contributed by atoms with Gasteiger partial charge in [0.15, 0.2) is 4.75 Å². The highest BCUT2D eigenvalue weighted by Gasteiger charge is 2.47. The topological polar surface area (TPSA) is 49.4 Å². The zero-order chi connectivity index (χ0) is 17.3. The third kappa shape index (κ3) is 3.01. The summed E-state index contributed by atoms with van der Waals surface area (Å²) >= 11 is 1.25. The van der Waals surface area contributed by atoms with Crippen LogP contribution in [0.15, 0.2) is 53.4 Å². The van der Waals surface area contributed by atoms with Crippen molar-refractivity contribution in [2.75, 3.05) is 12.4 Å². The number of rotatable bonds is 3. The maximum Gasteiger partial charge on any atom is 0.250 e. The molecule has 1 unspecified atom stereocenters. The monoisotopic (exact) mass is 344 g/mol. The zero-order valence-corrected chi connectivity index (χ0v) is 14.2. The van der Waals surface area contributed by atoms with Crippen molar-refractivity contribution >= 4 is 29.3 Å². The van der Waals surface area contributed by atoms with Gasteiger partial charge in [-0.1, -0.05) is 36.0 Å². The van der Waals surface area contributed by atoms with Gasteiger partial charge in [0.25, 0.3) is 0 Å². The van der Waals surface area contributed by atoms with Crippen LogP contribution in [0.2, 0.25) is 0 Å². The number of nitrogens with zero attached hydrogens (tertiary/aromatic N) is 1. The standard InChI is InChI=1S/C18H17FN2O2S/c1-18(16(22)20-14-5-3-4-6-15(14)24-18)17(23)21(2)11-12-7-9-13(19)10-8-12/h3-10H,11H2,1-2H3,(H,20,22). The fourth-order valence-corrected chi connectivity index (χ4v) is 3.81. The van der Waals surface area contributed by atoms with Gasteiger partial charge in [0.05, 0.1) is 5.69 Å². The summed E-state index contributed by atoms with van der Waals surface area (Å²) in [5, 5.41) is 2.80. The molecule has 6 heteroatoms. The van der Waals surface area contributed by atoms with Crippen molar-refractivity contribution in [2.45, 2.75) is 23.1 Å². The number of nitrogens with one attached hydrogen (secondary N) is 1. The molecular weight excluding hydrogens is 327 g/mol. The fourth-order valence-electron chi connectivity index (χ4n) is 2.61. The fraction of sp³-hybridized carbons (Fsp3) is 0.222. The largest absolute Gasteiger partial charge is 0.340 e. The van der Waals surface area contributed by atoms with E-state index < -0.39 is 4.75 Å². The van der Waals surface area contributed by atoms with Crippen LogP contribution in [0, 0.1) is 5.82 Å². The maximum atomic E-state index is 13.0. The minimum atomic E-state index is -1.23. The minimum Gasteiger partial charge on any atom is -0.340 e. The first kappa shape index (κ1) is 16.5. The van der Waals surface area contributed by atoms with Crippen LogP contribution in [0.4, 0.5) is 10.1 Å². The van der Waals surface area contributed by atoms with E-state index in [9.17, 15) is 14.0 Å². The van der Waals surface area contributed by atoms with Gasteiger partial charge < -0.3 is 10.2 Å². The summed E-state index contributed by atoms with van der Waals surface area (Å²) in [7, 11) is 1.64. The predicted octanol–water partition coefficient (Wildman–Crippen LogP) is 3.29. The van der Waals surface area contributed by atoms with E-state index in [2.05, 4.69) is 5.32 Å². The third-order valence-corrected chi connectivity index (χ3v) is 5.31. The van der Waals surface area contributed by atoms with Gasteiger partial charge in [0, 0.05) is 18.5 Å². The van der Waals surface area contributed by atoms with Gasteiger partial charge in [-0.3, -0.25) is 9.59 Å². The molecule has 0 saturated heterocycles. The van der Waals surface area contributed by atoms with Crippen molar-refractivity contribution in [2.24, 2.45) is 0 Å². The molecule has 2 aromatic rings. The molecule has 124 valence electrons. The zero-order valence-electron chi connectivity index (χ0n) is 13.4. The molecule has 1 heterocycles. The minimum absolute atomic E-state index is 0.288. The Labute approximate surface area is 144 Å². The number of thioether (sulfide) groups is 1. The van der Waals surface area contributed by atoms with E-state index in [4.69, 9.17) is 0 Å². The summed E-state index contributed by atoms with van der Waals surface area (Å²) in [6.07, 6.45) is 0. The number of para-hydroxylation sites is 1. The van der Waals surface area contributed by atoms with E-state index in [0.717, 1.165) is 16.1 Å². The van der Waals surface area contributed by atoms with E-state index in [1.54, 1.807) is 26.1 Å². The van der Waals surface area contributed by atoms with Crippen molar-refractivity contribution in [1.29, 1.82) is 0 Å². The quantitative estimate of drug-likeness (QED) is 0.870. The molecule has 0 bridgehead atoms. The molecule has 3 rings (SSSR count). The Morgan fingerprint density at radius 3 is 2.58 bits per heavy atom. The van der Waals surface area contributed by atoms with Gasteiger partial charge in [0.2, 0.25) is 11.8 Å². The first-order valence-corrected chi connectivity index (χ1v) is 8.31. The molecule has 2 amide bonds. The average Bonchev–Trinajstić information content (AvgIpc) is 2.57. The first-order chi connectivity index (χ1) is 11.4. The van der Waals surface area contributed by atoms with Gasteiger partial charge >= 0.3 is 0 Å². The molecule has 0 fully saturated rings. The number of fused-ring (bicyclic) bond motifs is 1. The second-order valence-corrected chi connectivity index (χ2v) is 7.33. The lowest BCUT2D eigenvalue weighted by Crippen LogP contribution is -2.52. The van der Waals surface area contributed by atoms with Gasteiger partial charge in [-0.2, -0.15) is 0 Å². The summed E-state index contributed by atoms with van der Waals surface area (Å²) in [5.41, 5.74) is 1.52. The Morgan fingerprint density at radius 1 is 1.21 bits per heavy atom. The van der Waals surface area contributed by atoms with Gasteiger partial charge in [-0.15, -0.1) is 0 Å². The van der Waals surface area contributed by atoms with Gasteiger partial charge in [-0.05, 0) is 36.8 Å². The number of amides is 2. The number of benzene rings is 2. The molecule has 0 spiro atoms. The highest BCUT2D eigenvalue weighted by atomic mass is 32.2. The molecule has 1 atom stereocenters. The molecule has 0 aliphatic carbocycles. The smallest absolute Gasteiger partial charge is 0.250 e. The average molecular weight is 344 g/mol. The van der Waals surface area contributed by atoms with Crippen molar-refractivity contribution in [3.8, 4) is 0 Å². The number of hydrogen-bond donors (Lipinski definition) is 1. The van der Waals surface area contributed by atoms with Crippen LogP contribution in [0.1, 0.15) is 12.5 Å². The molecule has 0 saturated carbocycles. The molecule has 1 N–H and O–H groups in total. The van der Waals surface area contributed by atoms with Crippen molar-refractivity contribution in [3.05, 3.63) is 59.9 Å². The molecule has 1 aliphatic rings. The lowest BCUT2D eigenvalue weighted by Gasteiger charge is -2.34. The van der Waals surface area contributed by atoms with Crippen molar-refractivity contribution in [3.63, 3.8) is 0 Å². The number of anilines is 1. The van der Waals surface area contributed by atoms with Crippen LogP contribution < -0.4 is 5.32 Å². The van der Waals surface area contributed by atoms with Gasteiger partial charge in [-0.25, -0.2) is 4.39 Å². The third-order valence-electron chi connectivity index (χ3n) is 3.97. The highest BCUT2D eigenvalue weighted by Crippen LogP contribution is 2.43. The van der Waals surface area contributed by atoms with E-state index in [-0.39, 0.29) is 17.6 Å². The number of halogens is 1. The molecular formula is C18H17FN2O2S. The summed E-state index contributed by atoms with van der Waals surface area (Å²) in [6.45, 7) is 1.94. The van der Waals surface area contributed by atoms with Crippen LogP contribution in [0.5, 0.6) is 0 Å². The number of carbonyl (C=O) groups is 2. The Bertz CT molecular complexity index is 794. The summed E-state index contributed by atoms with van der Waals surface area (Å²) in [6, 6.07) is 13.4. The summed E-state index contributed by atoms with van der Waals surface area (Å²) in [4.78, 5) is 27.7. The number of carbonyl (C=O) groups excluding carboxylic acids is 2. The second-order valence-electron chi connectivity index (χ2n) is 5.87. The highest BCUT2D eigenvalue weighted by molar-refractivity contribution is 8.02. The van der Waals surface area contributed by atoms with E-state index >= 15 is 0 Å². The molecule has 1 aliphatic heterocycles. The van der Waals surface area contributed by atoms with E-state index in [0.29, 0.717) is 6.54 Å². The van der Waals surface area contributed by atoms with Gasteiger partial charge in [0.1, 0.15) is 5.82 Å². The van der Waals surface area contributed by atoms with Crippen LogP contribution in [0.25, 0.3) is 0 Å². The molecule has 4 nitrogen and oxygen atoms in total. The SMILES string of the molecule is CN(Cc1ccc(F)cc1)C(=O)C1(C)Sc2ccccc2NC1=O. The van der Waals surface area contributed by atoms with Crippen LogP contribution in [-0.4, -0.2) is 28.5 Å². The maximum absolute atomic E-state index is 13.0. The second kappa shape index (κ2) is 6.28. The Morgan fingerprint density at radius 2 is 1.88 bits per heavy atom. The molecule has 0 aromatic heterocycles. The van der Waals surface area contributed by atoms with E-state index in [1.807, 2.05) is 24.3 Å². The van der Waals surface area contributed by atoms with Crippen LogP contribution >= 0.6 is 11.8 Å². The Hall–Kier alpha value is -2.34. The Kier molecular flexibility index (Phi) is 4.32. The predicted molar refractivity (Wildman–Crippen MR) is 92.2 cm³/mol. The molecule has 24 heavy (non-hydrogen) atoms. The summed E-state index contributed by atoms with van der Waals surface area (Å²) in [5.74, 6) is -0.940. The van der Waals surface area contributed by atoms with Crippen molar-refractivity contribution in [1.82, 2.24) is 4.90 Å². The number of hydrogen-bond acceptors (Lipinski definition) is 3. The lowest BCUT2D eigenvalue weighted by molar-refractivity contribution is -0.137. The first-order valence-electron chi connectivity index (χ1n) is 7.49. The Balaban J connectivity index is 1.80. The lowest BCUT2D eigenvalue weighted by atomic mass is 10.1. The molecule has 0 radical (unpaired) electrons. The van der Waals surface area contributed by atoms with Crippen molar-refractivity contribution < 1.29 is 14.0 Å². The normalized spacial score (nSPS) is 19.4. The van der Waals surface area contributed by atoms with Crippen LogP contribution in [-0.2, 0) is 16.1 Å².